The topological polar surface area (TPSA) is 26.0 Å². The first-order valence-electron chi connectivity index (χ1n) is 6.04. The predicted molar refractivity (Wildman–Crippen MR) is 64.6 cm³/mol. The van der Waals surface area contributed by atoms with Gasteiger partial charge in [-0.25, -0.2) is 4.39 Å². The van der Waals surface area contributed by atoms with Gasteiger partial charge in [0, 0.05) is 6.04 Å². The number of halogens is 1. The van der Waals surface area contributed by atoms with Gasteiger partial charge in [0.25, 0.3) is 0 Å². The van der Waals surface area contributed by atoms with Crippen molar-refractivity contribution in [3.05, 3.63) is 35.1 Å². The van der Waals surface area contributed by atoms with Crippen LogP contribution in [0.3, 0.4) is 0 Å². The number of aryl methyl sites for hydroxylation is 1. The minimum atomic E-state index is -0.174. The first-order valence-corrected chi connectivity index (χ1v) is 6.04. The summed E-state index contributed by atoms with van der Waals surface area (Å²) < 4.78 is 13.3. The van der Waals surface area contributed by atoms with Gasteiger partial charge in [0.1, 0.15) is 5.82 Å². The molecule has 0 heterocycles. The van der Waals surface area contributed by atoms with E-state index in [0.29, 0.717) is 0 Å². The highest BCUT2D eigenvalue weighted by molar-refractivity contribution is 5.27. The number of rotatable bonds is 2. The molecule has 0 aliphatic heterocycles. The van der Waals surface area contributed by atoms with Gasteiger partial charge in [0.2, 0.25) is 0 Å². The maximum absolute atomic E-state index is 13.3. The van der Waals surface area contributed by atoms with Gasteiger partial charge in [-0.3, -0.25) is 0 Å². The summed E-state index contributed by atoms with van der Waals surface area (Å²) in [6.45, 7) is 4.14. The van der Waals surface area contributed by atoms with Crippen molar-refractivity contribution in [2.24, 2.45) is 11.1 Å². The molecule has 0 bridgehead atoms. The molecule has 1 unspecified atom stereocenters. The van der Waals surface area contributed by atoms with E-state index in [2.05, 4.69) is 6.92 Å². The summed E-state index contributed by atoms with van der Waals surface area (Å²) in [5.41, 5.74) is 8.36. The van der Waals surface area contributed by atoms with Crippen LogP contribution in [0.5, 0.6) is 0 Å². The molecule has 1 atom stereocenters. The van der Waals surface area contributed by atoms with Crippen molar-refractivity contribution in [2.75, 3.05) is 0 Å². The smallest absolute Gasteiger partial charge is 0.123 e. The molecule has 1 aliphatic carbocycles. The summed E-state index contributed by atoms with van der Waals surface area (Å²) >= 11 is 0. The number of benzene rings is 1. The first-order chi connectivity index (χ1) is 7.51. The Morgan fingerprint density at radius 2 is 1.88 bits per heavy atom. The van der Waals surface area contributed by atoms with Crippen molar-refractivity contribution in [3.8, 4) is 0 Å². The van der Waals surface area contributed by atoms with Crippen LogP contribution in [0.4, 0.5) is 4.39 Å². The molecule has 1 aromatic rings. The summed E-state index contributed by atoms with van der Waals surface area (Å²) in [5.74, 6) is -0.174. The van der Waals surface area contributed by atoms with E-state index in [1.165, 1.54) is 12.8 Å². The van der Waals surface area contributed by atoms with Gasteiger partial charge in [-0.2, -0.15) is 0 Å². The summed E-state index contributed by atoms with van der Waals surface area (Å²) in [7, 11) is 0. The fourth-order valence-corrected chi connectivity index (χ4v) is 2.84. The molecule has 2 rings (SSSR count). The van der Waals surface area contributed by atoms with Gasteiger partial charge in [-0.15, -0.1) is 0 Å². The Morgan fingerprint density at radius 3 is 2.44 bits per heavy atom. The highest BCUT2D eigenvalue weighted by Gasteiger charge is 2.35. The number of hydrogen-bond acceptors (Lipinski definition) is 1. The first kappa shape index (κ1) is 11.6. The molecule has 1 saturated carbocycles. The summed E-state index contributed by atoms with van der Waals surface area (Å²) in [6, 6.07) is 5.11. The van der Waals surface area contributed by atoms with Gasteiger partial charge in [0.15, 0.2) is 0 Å². The van der Waals surface area contributed by atoms with Gasteiger partial charge < -0.3 is 5.73 Å². The molecule has 0 radical (unpaired) electrons. The summed E-state index contributed by atoms with van der Waals surface area (Å²) in [6.07, 6.45) is 4.81. The van der Waals surface area contributed by atoms with Crippen molar-refractivity contribution < 1.29 is 4.39 Å². The molecule has 1 nitrogen and oxygen atoms in total. The third-order valence-electron chi connectivity index (χ3n) is 3.92. The van der Waals surface area contributed by atoms with Gasteiger partial charge in [-0.1, -0.05) is 25.8 Å². The second-order valence-corrected chi connectivity index (χ2v) is 5.40. The Morgan fingerprint density at radius 1 is 1.25 bits per heavy atom. The van der Waals surface area contributed by atoms with E-state index in [9.17, 15) is 4.39 Å². The van der Waals surface area contributed by atoms with Crippen LogP contribution >= 0.6 is 0 Å². The zero-order valence-corrected chi connectivity index (χ0v) is 10.1. The van der Waals surface area contributed by atoms with E-state index in [0.717, 1.165) is 24.0 Å². The molecule has 1 aliphatic rings. The molecule has 0 saturated heterocycles. The van der Waals surface area contributed by atoms with Crippen molar-refractivity contribution >= 4 is 0 Å². The van der Waals surface area contributed by atoms with Crippen LogP contribution < -0.4 is 5.73 Å². The van der Waals surface area contributed by atoms with Crippen LogP contribution in [0.25, 0.3) is 0 Å². The van der Waals surface area contributed by atoms with Crippen LogP contribution in [-0.2, 0) is 0 Å². The lowest BCUT2D eigenvalue weighted by Gasteiger charge is -2.31. The maximum atomic E-state index is 13.3. The van der Waals surface area contributed by atoms with E-state index < -0.39 is 0 Å². The molecule has 0 spiro atoms. The zero-order chi connectivity index (χ0) is 11.8. The van der Waals surface area contributed by atoms with Gasteiger partial charge in [-0.05, 0) is 48.4 Å². The Labute approximate surface area is 96.9 Å². The van der Waals surface area contributed by atoms with Crippen molar-refractivity contribution in [1.29, 1.82) is 0 Å². The molecule has 1 aromatic carbocycles. The van der Waals surface area contributed by atoms with Crippen molar-refractivity contribution in [2.45, 2.75) is 45.6 Å². The standard InChI is InChI=1S/C14H20FN/c1-10-7-11(9-12(15)8-10)13(16)14(2)5-3-4-6-14/h7-9,13H,3-6,16H2,1-2H3. The summed E-state index contributed by atoms with van der Waals surface area (Å²) in [5, 5.41) is 0. The van der Waals surface area contributed by atoms with Crippen LogP contribution in [0.1, 0.15) is 49.8 Å². The zero-order valence-electron chi connectivity index (χ0n) is 10.1. The predicted octanol–water partition coefficient (Wildman–Crippen LogP) is 3.71. The number of nitrogens with two attached hydrogens (primary N) is 1. The minimum Gasteiger partial charge on any atom is -0.323 e. The van der Waals surface area contributed by atoms with Crippen LogP contribution in [0.2, 0.25) is 0 Å². The van der Waals surface area contributed by atoms with Crippen LogP contribution in [0, 0.1) is 18.2 Å². The lowest BCUT2D eigenvalue weighted by Crippen LogP contribution is -2.29. The lowest BCUT2D eigenvalue weighted by molar-refractivity contribution is 0.265. The molecule has 2 heteroatoms. The maximum Gasteiger partial charge on any atom is 0.123 e. The molecule has 16 heavy (non-hydrogen) atoms. The molecule has 0 aromatic heterocycles. The van der Waals surface area contributed by atoms with Gasteiger partial charge in [0.05, 0.1) is 0 Å². The van der Waals surface area contributed by atoms with Crippen LogP contribution in [-0.4, -0.2) is 0 Å². The van der Waals surface area contributed by atoms with E-state index in [1.54, 1.807) is 12.1 Å². The summed E-state index contributed by atoms with van der Waals surface area (Å²) in [4.78, 5) is 0. The average molecular weight is 221 g/mol. The second kappa shape index (κ2) is 4.17. The third kappa shape index (κ3) is 2.12. The fraction of sp³-hybridized carbons (Fsp3) is 0.571. The van der Waals surface area contributed by atoms with E-state index in [4.69, 9.17) is 5.73 Å². The van der Waals surface area contributed by atoms with Crippen LogP contribution in [0.15, 0.2) is 18.2 Å². The lowest BCUT2D eigenvalue weighted by atomic mass is 9.77. The Hall–Kier alpha value is -0.890. The molecular formula is C14H20FN. The Bertz CT molecular complexity index is 360. The highest BCUT2D eigenvalue weighted by atomic mass is 19.1. The second-order valence-electron chi connectivity index (χ2n) is 5.40. The largest absolute Gasteiger partial charge is 0.323 e. The third-order valence-corrected chi connectivity index (χ3v) is 3.92. The minimum absolute atomic E-state index is 0.0376. The van der Waals surface area contributed by atoms with Gasteiger partial charge >= 0.3 is 0 Å². The number of hydrogen-bond donors (Lipinski definition) is 1. The Balaban J connectivity index is 2.29. The van der Waals surface area contributed by atoms with E-state index in [-0.39, 0.29) is 17.3 Å². The van der Waals surface area contributed by atoms with E-state index >= 15 is 0 Å². The molecule has 88 valence electrons. The molecule has 1 fully saturated rings. The van der Waals surface area contributed by atoms with Crippen molar-refractivity contribution in [1.82, 2.24) is 0 Å². The molecular weight excluding hydrogens is 201 g/mol. The normalized spacial score (nSPS) is 21.0. The quantitative estimate of drug-likeness (QED) is 0.809. The molecule has 0 amide bonds. The fourth-order valence-electron chi connectivity index (χ4n) is 2.84. The highest BCUT2D eigenvalue weighted by Crippen LogP contribution is 2.46. The molecule has 2 N–H and O–H groups in total. The average Bonchev–Trinajstić information content (AvgIpc) is 2.64. The SMILES string of the molecule is Cc1cc(F)cc(C(N)C2(C)CCCC2)c1. The monoisotopic (exact) mass is 221 g/mol. The van der Waals surface area contributed by atoms with Crippen molar-refractivity contribution in [3.63, 3.8) is 0 Å². The van der Waals surface area contributed by atoms with E-state index in [1.807, 2.05) is 13.0 Å². The Kier molecular flexibility index (Phi) is 3.02.